The summed E-state index contributed by atoms with van der Waals surface area (Å²) < 4.78 is 5.33. The number of hydrogen-bond acceptors (Lipinski definition) is 5. The molecule has 3 aromatic rings. The molecule has 0 spiro atoms. The molecule has 0 radical (unpaired) electrons. The summed E-state index contributed by atoms with van der Waals surface area (Å²) in [5, 5.41) is 2.88. The number of nitrogens with one attached hydrogen (secondary N) is 1. The molecular weight excluding hydrogens is 352 g/mol. The minimum Gasteiger partial charge on any atom is -0.495 e. The average Bonchev–Trinajstić information content (AvgIpc) is 2.73. The lowest BCUT2D eigenvalue weighted by molar-refractivity contribution is 0.102. The van der Waals surface area contributed by atoms with Crippen LogP contribution in [0.25, 0.3) is 0 Å². The Labute approximate surface area is 165 Å². The van der Waals surface area contributed by atoms with Gasteiger partial charge in [-0.1, -0.05) is 36.4 Å². The van der Waals surface area contributed by atoms with Crippen LogP contribution in [0.15, 0.2) is 60.8 Å². The summed E-state index contributed by atoms with van der Waals surface area (Å²) in [7, 11) is 1.58. The molecule has 6 heteroatoms. The predicted octanol–water partition coefficient (Wildman–Crippen LogP) is 4.07. The predicted molar refractivity (Wildman–Crippen MR) is 111 cm³/mol. The summed E-state index contributed by atoms with van der Waals surface area (Å²) in [6.45, 7) is 5.40. The van der Waals surface area contributed by atoms with Crippen LogP contribution in [0.5, 0.6) is 5.75 Å². The summed E-state index contributed by atoms with van der Waals surface area (Å²) in [6, 6.07) is 17.3. The van der Waals surface area contributed by atoms with Crippen molar-refractivity contribution >= 4 is 17.5 Å². The van der Waals surface area contributed by atoms with Gasteiger partial charge in [0.2, 0.25) is 5.95 Å². The van der Waals surface area contributed by atoms with E-state index < -0.39 is 0 Å². The van der Waals surface area contributed by atoms with E-state index in [1.807, 2.05) is 55.1 Å². The Morgan fingerprint density at radius 1 is 1.14 bits per heavy atom. The maximum Gasteiger partial charge on any atom is 0.274 e. The van der Waals surface area contributed by atoms with Crippen molar-refractivity contribution in [3.63, 3.8) is 0 Å². The third kappa shape index (κ3) is 4.65. The van der Waals surface area contributed by atoms with Crippen molar-refractivity contribution in [3.8, 4) is 5.75 Å². The van der Waals surface area contributed by atoms with Crippen molar-refractivity contribution in [2.45, 2.75) is 20.4 Å². The second-order valence-electron chi connectivity index (χ2n) is 6.40. The Hall–Kier alpha value is -3.41. The highest BCUT2D eigenvalue weighted by atomic mass is 16.5. The number of carbonyl (C=O) groups is 1. The van der Waals surface area contributed by atoms with Gasteiger partial charge in [0.25, 0.3) is 5.91 Å². The third-order valence-corrected chi connectivity index (χ3v) is 4.36. The van der Waals surface area contributed by atoms with E-state index in [1.165, 1.54) is 0 Å². The van der Waals surface area contributed by atoms with Gasteiger partial charge in [0.15, 0.2) is 0 Å². The van der Waals surface area contributed by atoms with Gasteiger partial charge in [-0.15, -0.1) is 0 Å². The van der Waals surface area contributed by atoms with Crippen molar-refractivity contribution in [1.29, 1.82) is 0 Å². The number of rotatable bonds is 7. The molecule has 1 amide bonds. The van der Waals surface area contributed by atoms with Crippen molar-refractivity contribution in [1.82, 2.24) is 9.97 Å². The Balaban J connectivity index is 1.80. The number of anilines is 2. The van der Waals surface area contributed by atoms with E-state index >= 15 is 0 Å². The number of hydrogen-bond donors (Lipinski definition) is 1. The van der Waals surface area contributed by atoms with Crippen LogP contribution in [-0.2, 0) is 6.54 Å². The number of nitrogens with zero attached hydrogens (tertiary/aromatic N) is 3. The van der Waals surface area contributed by atoms with E-state index in [0.717, 1.165) is 17.7 Å². The lowest BCUT2D eigenvalue weighted by atomic mass is 10.2. The molecule has 1 heterocycles. The minimum atomic E-state index is -0.302. The number of methoxy groups -OCH3 is 1. The zero-order chi connectivity index (χ0) is 19.9. The Morgan fingerprint density at radius 3 is 2.64 bits per heavy atom. The highest BCUT2D eigenvalue weighted by Crippen LogP contribution is 2.25. The van der Waals surface area contributed by atoms with E-state index in [4.69, 9.17) is 4.74 Å². The fraction of sp³-hybridized carbons (Fsp3) is 0.227. The maximum atomic E-state index is 12.7. The van der Waals surface area contributed by atoms with Gasteiger partial charge in [0.1, 0.15) is 11.4 Å². The second kappa shape index (κ2) is 8.99. The molecule has 6 nitrogen and oxygen atoms in total. The van der Waals surface area contributed by atoms with E-state index in [0.29, 0.717) is 29.6 Å². The monoisotopic (exact) mass is 376 g/mol. The van der Waals surface area contributed by atoms with Gasteiger partial charge in [-0.05, 0) is 43.2 Å². The first-order valence-electron chi connectivity index (χ1n) is 9.18. The van der Waals surface area contributed by atoms with Gasteiger partial charge in [-0.3, -0.25) is 4.79 Å². The summed E-state index contributed by atoms with van der Waals surface area (Å²) in [4.78, 5) is 23.6. The molecular formula is C22H24N4O2. The largest absolute Gasteiger partial charge is 0.495 e. The fourth-order valence-electron chi connectivity index (χ4n) is 2.86. The molecule has 0 aliphatic heterocycles. The van der Waals surface area contributed by atoms with Crippen molar-refractivity contribution in [2.24, 2.45) is 0 Å². The standard InChI is InChI=1S/C22H24N4O2/c1-4-26(15-17-8-6-5-7-9-17)22-23-13-12-18(25-22)21(27)24-19-14-16(2)10-11-20(19)28-3/h5-14H,4,15H2,1-3H3,(H,24,27). The number of amides is 1. The quantitative estimate of drug-likeness (QED) is 0.673. The zero-order valence-corrected chi connectivity index (χ0v) is 16.3. The van der Waals surface area contributed by atoms with Crippen molar-refractivity contribution < 1.29 is 9.53 Å². The first-order chi connectivity index (χ1) is 13.6. The first kappa shape index (κ1) is 19.4. The molecule has 0 fully saturated rings. The number of carbonyl (C=O) groups excluding carboxylic acids is 1. The van der Waals surface area contributed by atoms with Crippen LogP contribution >= 0.6 is 0 Å². The summed E-state index contributed by atoms with van der Waals surface area (Å²) in [5.41, 5.74) is 3.11. The van der Waals surface area contributed by atoms with Crippen LogP contribution in [-0.4, -0.2) is 29.5 Å². The van der Waals surface area contributed by atoms with Crippen LogP contribution < -0.4 is 15.0 Å². The molecule has 144 valence electrons. The summed E-state index contributed by atoms with van der Waals surface area (Å²) in [6.07, 6.45) is 1.61. The molecule has 0 atom stereocenters. The number of aryl methyl sites for hydroxylation is 1. The van der Waals surface area contributed by atoms with Gasteiger partial charge >= 0.3 is 0 Å². The molecule has 0 unspecified atom stereocenters. The summed E-state index contributed by atoms with van der Waals surface area (Å²) in [5.74, 6) is 0.825. The summed E-state index contributed by atoms with van der Waals surface area (Å²) >= 11 is 0. The van der Waals surface area contributed by atoms with Gasteiger partial charge in [-0.2, -0.15) is 0 Å². The lowest BCUT2D eigenvalue weighted by Gasteiger charge is -2.21. The van der Waals surface area contributed by atoms with Crippen LogP contribution in [0.2, 0.25) is 0 Å². The molecule has 0 aliphatic rings. The van der Waals surface area contributed by atoms with Crippen molar-refractivity contribution in [3.05, 3.63) is 77.6 Å². The Morgan fingerprint density at radius 2 is 1.93 bits per heavy atom. The van der Waals surface area contributed by atoms with E-state index in [1.54, 1.807) is 19.4 Å². The highest BCUT2D eigenvalue weighted by Gasteiger charge is 2.15. The lowest BCUT2D eigenvalue weighted by Crippen LogP contribution is -2.25. The van der Waals surface area contributed by atoms with Crippen LogP contribution in [0, 0.1) is 6.92 Å². The molecule has 0 saturated heterocycles. The highest BCUT2D eigenvalue weighted by molar-refractivity contribution is 6.03. The minimum absolute atomic E-state index is 0.302. The fourth-order valence-corrected chi connectivity index (χ4v) is 2.86. The topological polar surface area (TPSA) is 67.4 Å². The normalized spacial score (nSPS) is 10.4. The molecule has 3 rings (SSSR count). The third-order valence-electron chi connectivity index (χ3n) is 4.36. The Kier molecular flexibility index (Phi) is 6.22. The molecule has 28 heavy (non-hydrogen) atoms. The van der Waals surface area contributed by atoms with E-state index in [9.17, 15) is 4.79 Å². The smallest absolute Gasteiger partial charge is 0.274 e. The van der Waals surface area contributed by atoms with Gasteiger partial charge in [0.05, 0.1) is 12.8 Å². The van der Waals surface area contributed by atoms with Crippen molar-refractivity contribution in [2.75, 3.05) is 23.9 Å². The van der Waals surface area contributed by atoms with Crippen LogP contribution in [0.4, 0.5) is 11.6 Å². The number of benzene rings is 2. The Bertz CT molecular complexity index is 944. The van der Waals surface area contributed by atoms with Gasteiger partial charge in [0, 0.05) is 19.3 Å². The molecule has 0 saturated carbocycles. The number of aromatic nitrogens is 2. The van der Waals surface area contributed by atoms with Crippen LogP contribution in [0.1, 0.15) is 28.5 Å². The molecule has 1 N–H and O–H groups in total. The van der Waals surface area contributed by atoms with Crippen LogP contribution in [0.3, 0.4) is 0 Å². The first-order valence-corrected chi connectivity index (χ1v) is 9.18. The van der Waals surface area contributed by atoms with Gasteiger partial charge < -0.3 is 15.0 Å². The number of ether oxygens (including phenoxy) is 1. The zero-order valence-electron chi connectivity index (χ0n) is 16.3. The average molecular weight is 376 g/mol. The molecule has 2 aromatic carbocycles. The van der Waals surface area contributed by atoms with E-state index in [2.05, 4.69) is 27.4 Å². The van der Waals surface area contributed by atoms with Gasteiger partial charge in [-0.25, -0.2) is 9.97 Å². The molecule has 1 aromatic heterocycles. The maximum absolute atomic E-state index is 12.7. The second-order valence-corrected chi connectivity index (χ2v) is 6.40. The van der Waals surface area contributed by atoms with E-state index in [-0.39, 0.29) is 5.91 Å². The SMILES string of the molecule is CCN(Cc1ccccc1)c1nccc(C(=O)Nc2cc(C)ccc2OC)n1. The molecule has 0 bridgehead atoms. The molecule has 0 aliphatic carbocycles.